The number of carbonyl (C=O) groups excluding carboxylic acids is 1. The molecule has 4 rings (SSSR count). The van der Waals surface area contributed by atoms with Crippen molar-refractivity contribution < 1.29 is 22.7 Å². The molecule has 2 heterocycles. The molecule has 0 saturated carbocycles. The molecule has 0 atom stereocenters. The van der Waals surface area contributed by atoms with Gasteiger partial charge in [0.15, 0.2) is 0 Å². The summed E-state index contributed by atoms with van der Waals surface area (Å²) in [7, 11) is 0. The molecule has 39 heavy (non-hydrogen) atoms. The predicted octanol–water partition coefficient (Wildman–Crippen LogP) is 5.50. The molecule has 4 aromatic rings. The number of hydrogen-bond donors (Lipinski definition) is 0. The standard InChI is InChI=1S/C29H25F3N4O3/c1-4-39-27(37)17-35-11-10-25(34-35)20-6-5-7-21(13-20)26-14-24(29(30,31)32)23(15-33)28(38)36(26)16-22-9-8-18(2)12-19(22)3/h5-14H,4,16-17H2,1-3H3. The number of hydrogen-bond acceptors (Lipinski definition) is 5. The SMILES string of the molecule is CCOC(=O)Cn1ccc(-c2cccc(-c3cc(C(F)(F)F)c(C#N)c(=O)n3Cc3ccc(C)cc3C)c2)n1. The first kappa shape index (κ1) is 27.4. The maximum absolute atomic E-state index is 13.9. The van der Waals surface area contributed by atoms with Gasteiger partial charge in [0.2, 0.25) is 0 Å². The molecule has 0 fully saturated rings. The van der Waals surface area contributed by atoms with E-state index in [2.05, 4.69) is 5.10 Å². The van der Waals surface area contributed by atoms with E-state index < -0.39 is 28.8 Å². The Labute approximate surface area is 222 Å². The number of ether oxygens (including phenoxy) is 1. The van der Waals surface area contributed by atoms with Crippen molar-refractivity contribution in [2.75, 3.05) is 6.61 Å². The quantitative estimate of drug-likeness (QED) is 0.292. The van der Waals surface area contributed by atoms with Crippen LogP contribution in [-0.2, 0) is 28.8 Å². The van der Waals surface area contributed by atoms with Gasteiger partial charge in [0.1, 0.15) is 18.2 Å². The molecule has 0 amide bonds. The van der Waals surface area contributed by atoms with Crippen molar-refractivity contribution in [1.29, 1.82) is 5.26 Å². The Hall–Kier alpha value is -4.65. The number of esters is 1. The zero-order valence-corrected chi connectivity index (χ0v) is 21.5. The second kappa shape index (κ2) is 11.0. The summed E-state index contributed by atoms with van der Waals surface area (Å²) in [5.74, 6) is -0.450. The van der Waals surface area contributed by atoms with Gasteiger partial charge in [-0.15, -0.1) is 0 Å². The van der Waals surface area contributed by atoms with Crippen molar-refractivity contribution in [3.05, 3.63) is 99.0 Å². The van der Waals surface area contributed by atoms with Crippen LogP contribution in [0.4, 0.5) is 13.2 Å². The molecule has 2 aromatic heterocycles. The number of pyridine rings is 1. The van der Waals surface area contributed by atoms with E-state index in [1.807, 2.05) is 32.0 Å². The van der Waals surface area contributed by atoms with E-state index in [0.717, 1.165) is 22.8 Å². The maximum atomic E-state index is 13.9. The number of halogens is 3. The van der Waals surface area contributed by atoms with Crippen molar-refractivity contribution in [1.82, 2.24) is 14.3 Å². The summed E-state index contributed by atoms with van der Waals surface area (Å²) in [4.78, 5) is 25.1. The largest absolute Gasteiger partial charge is 0.465 e. The van der Waals surface area contributed by atoms with Crippen LogP contribution in [-0.4, -0.2) is 26.9 Å². The Bertz CT molecular complexity index is 1640. The predicted molar refractivity (Wildman–Crippen MR) is 139 cm³/mol. The third kappa shape index (κ3) is 5.93. The molecule has 0 bridgehead atoms. The molecule has 2 aromatic carbocycles. The number of nitriles is 1. The molecule has 10 heteroatoms. The topological polar surface area (TPSA) is 89.9 Å². The van der Waals surface area contributed by atoms with Gasteiger partial charge in [0.25, 0.3) is 5.56 Å². The average Bonchev–Trinajstić information content (AvgIpc) is 3.34. The van der Waals surface area contributed by atoms with E-state index in [9.17, 15) is 28.0 Å². The molecule has 0 spiro atoms. The number of benzene rings is 2. The van der Waals surface area contributed by atoms with Gasteiger partial charge in [-0.25, -0.2) is 0 Å². The second-order valence-corrected chi connectivity index (χ2v) is 9.03. The number of nitrogens with zero attached hydrogens (tertiary/aromatic N) is 4. The van der Waals surface area contributed by atoms with E-state index >= 15 is 0 Å². The summed E-state index contributed by atoms with van der Waals surface area (Å²) in [6.45, 7) is 5.60. The number of rotatable bonds is 7. The van der Waals surface area contributed by atoms with Crippen LogP contribution in [0.3, 0.4) is 0 Å². The van der Waals surface area contributed by atoms with Crippen LogP contribution < -0.4 is 5.56 Å². The average molecular weight is 535 g/mol. The van der Waals surface area contributed by atoms with Crippen LogP contribution in [0.15, 0.2) is 65.6 Å². The van der Waals surface area contributed by atoms with E-state index in [0.29, 0.717) is 16.8 Å². The molecular weight excluding hydrogens is 509 g/mol. The highest BCUT2D eigenvalue weighted by atomic mass is 19.4. The zero-order valence-electron chi connectivity index (χ0n) is 21.5. The van der Waals surface area contributed by atoms with Gasteiger partial charge in [-0.1, -0.05) is 42.0 Å². The minimum atomic E-state index is -4.90. The molecule has 200 valence electrons. The van der Waals surface area contributed by atoms with Gasteiger partial charge in [0, 0.05) is 11.8 Å². The van der Waals surface area contributed by atoms with Crippen LogP contribution in [0.5, 0.6) is 0 Å². The minimum absolute atomic E-state index is 0.0131. The summed E-state index contributed by atoms with van der Waals surface area (Å²) < 4.78 is 49.3. The van der Waals surface area contributed by atoms with Crippen LogP contribution in [0, 0.1) is 25.2 Å². The fraction of sp³-hybridized carbons (Fsp3) is 0.241. The Morgan fingerprint density at radius 3 is 2.49 bits per heavy atom. The normalized spacial score (nSPS) is 11.3. The highest BCUT2D eigenvalue weighted by Crippen LogP contribution is 2.34. The fourth-order valence-corrected chi connectivity index (χ4v) is 4.35. The lowest BCUT2D eigenvalue weighted by molar-refractivity contribution is -0.144. The monoisotopic (exact) mass is 534 g/mol. The molecule has 0 radical (unpaired) electrons. The highest BCUT2D eigenvalue weighted by molar-refractivity contribution is 5.71. The summed E-state index contributed by atoms with van der Waals surface area (Å²) in [5.41, 5.74) is 0.746. The van der Waals surface area contributed by atoms with Crippen molar-refractivity contribution in [3.63, 3.8) is 0 Å². The number of carbonyl (C=O) groups is 1. The second-order valence-electron chi connectivity index (χ2n) is 9.03. The Kier molecular flexibility index (Phi) is 7.72. The first-order chi connectivity index (χ1) is 18.5. The molecule has 7 nitrogen and oxygen atoms in total. The van der Waals surface area contributed by atoms with E-state index in [1.165, 1.54) is 15.3 Å². The Morgan fingerprint density at radius 1 is 1.08 bits per heavy atom. The Morgan fingerprint density at radius 2 is 1.82 bits per heavy atom. The lowest BCUT2D eigenvalue weighted by Gasteiger charge is -2.19. The van der Waals surface area contributed by atoms with Crippen molar-refractivity contribution >= 4 is 5.97 Å². The van der Waals surface area contributed by atoms with Crippen molar-refractivity contribution in [2.24, 2.45) is 0 Å². The molecule has 0 aliphatic heterocycles. The molecule has 0 aliphatic rings. The highest BCUT2D eigenvalue weighted by Gasteiger charge is 2.36. The number of aryl methyl sites for hydroxylation is 2. The van der Waals surface area contributed by atoms with Gasteiger partial charge >= 0.3 is 12.1 Å². The minimum Gasteiger partial charge on any atom is -0.465 e. The van der Waals surface area contributed by atoms with Crippen LogP contribution >= 0.6 is 0 Å². The van der Waals surface area contributed by atoms with E-state index in [1.54, 1.807) is 43.5 Å². The number of alkyl halides is 3. The maximum Gasteiger partial charge on any atom is 0.417 e. The van der Waals surface area contributed by atoms with Gasteiger partial charge in [-0.05, 0) is 55.7 Å². The smallest absolute Gasteiger partial charge is 0.417 e. The summed E-state index contributed by atoms with van der Waals surface area (Å²) in [6, 6.07) is 16.2. The molecule has 0 aliphatic carbocycles. The van der Waals surface area contributed by atoms with E-state index in [-0.39, 0.29) is 25.4 Å². The summed E-state index contributed by atoms with van der Waals surface area (Å²) in [6.07, 6.45) is -3.31. The Balaban J connectivity index is 1.86. The van der Waals surface area contributed by atoms with Gasteiger partial charge in [-0.2, -0.15) is 23.5 Å². The molecule has 0 N–H and O–H groups in total. The summed E-state index contributed by atoms with van der Waals surface area (Å²) in [5, 5.41) is 13.9. The van der Waals surface area contributed by atoms with Crippen LogP contribution in [0.1, 0.15) is 34.7 Å². The van der Waals surface area contributed by atoms with Crippen molar-refractivity contribution in [3.8, 4) is 28.6 Å². The third-order valence-electron chi connectivity index (χ3n) is 6.24. The lowest BCUT2D eigenvalue weighted by atomic mass is 10.0. The van der Waals surface area contributed by atoms with Crippen LogP contribution in [0.25, 0.3) is 22.5 Å². The third-order valence-corrected chi connectivity index (χ3v) is 6.24. The van der Waals surface area contributed by atoms with Crippen molar-refractivity contribution in [2.45, 2.75) is 40.0 Å². The van der Waals surface area contributed by atoms with Gasteiger partial charge in [0.05, 0.1) is 30.1 Å². The van der Waals surface area contributed by atoms with Gasteiger partial charge in [-0.3, -0.25) is 14.3 Å². The molecule has 0 saturated heterocycles. The fourth-order valence-electron chi connectivity index (χ4n) is 4.35. The number of aromatic nitrogens is 3. The van der Waals surface area contributed by atoms with E-state index in [4.69, 9.17) is 4.74 Å². The molecule has 0 unspecified atom stereocenters. The first-order valence-electron chi connectivity index (χ1n) is 12.1. The lowest BCUT2D eigenvalue weighted by Crippen LogP contribution is -2.29. The van der Waals surface area contributed by atoms with Gasteiger partial charge < -0.3 is 9.30 Å². The zero-order chi connectivity index (χ0) is 28.3. The molecular formula is C29H25F3N4O3. The summed E-state index contributed by atoms with van der Waals surface area (Å²) >= 11 is 0. The first-order valence-corrected chi connectivity index (χ1v) is 12.1. The van der Waals surface area contributed by atoms with Crippen LogP contribution in [0.2, 0.25) is 0 Å².